The molecule has 1 atom stereocenters. The lowest BCUT2D eigenvalue weighted by Crippen LogP contribution is -2.52. The van der Waals surface area contributed by atoms with E-state index in [4.69, 9.17) is 4.74 Å². The number of rotatable bonds is 6. The molecule has 1 amide bonds. The van der Waals surface area contributed by atoms with Gasteiger partial charge in [-0.15, -0.1) is 0 Å². The van der Waals surface area contributed by atoms with E-state index in [1.807, 2.05) is 0 Å². The Morgan fingerprint density at radius 1 is 1.27 bits per heavy atom. The Labute approximate surface area is 133 Å². The first-order valence-electron chi connectivity index (χ1n) is 7.97. The Balaban J connectivity index is 1.90. The topological polar surface area (TPSA) is 70.2 Å². The van der Waals surface area contributed by atoms with E-state index >= 15 is 0 Å². The summed E-state index contributed by atoms with van der Waals surface area (Å²) in [6, 6.07) is 0. The van der Waals surface area contributed by atoms with Crippen molar-refractivity contribution in [1.82, 2.24) is 14.1 Å². The molecule has 2 rings (SSSR count). The number of amides is 1. The Morgan fingerprint density at radius 2 is 1.95 bits per heavy atom. The van der Waals surface area contributed by atoms with Crippen LogP contribution in [0.4, 0.5) is 0 Å². The molecular formula is C14H27N3O4S. The Bertz CT molecular complexity index is 468. The second-order valence-corrected chi connectivity index (χ2v) is 7.99. The highest BCUT2D eigenvalue weighted by Crippen LogP contribution is 2.15. The van der Waals surface area contributed by atoms with Gasteiger partial charge in [0.1, 0.15) is 0 Å². The summed E-state index contributed by atoms with van der Waals surface area (Å²) in [5.41, 5.74) is 0. The second kappa shape index (κ2) is 7.72. The van der Waals surface area contributed by atoms with Crippen LogP contribution in [0.2, 0.25) is 0 Å². The molecule has 2 saturated heterocycles. The van der Waals surface area contributed by atoms with Gasteiger partial charge in [-0.05, 0) is 19.4 Å². The van der Waals surface area contributed by atoms with Crippen LogP contribution in [-0.2, 0) is 19.6 Å². The number of ether oxygens (including phenoxy) is 1. The highest BCUT2D eigenvalue weighted by Gasteiger charge is 2.29. The molecule has 2 fully saturated rings. The van der Waals surface area contributed by atoms with Crippen molar-refractivity contribution in [2.24, 2.45) is 0 Å². The molecular weight excluding hydrogens is 306 g/mol. The third kappa shape index (κ3) is 4.91. The van der Waals surface area contributed by atoms with Gasteiger partial charge < -0.3 is 14.5 Å². The summed E-state index contributed by atoms with van der Waals surface area (Å²) in [7, 11) is -3.41. The number of sulfonamides is 1. The second-order valence-electron chi connectivity index (χ2n) is 6.01. The average molecular weight is 333 g/mol. The van der Waals surface area contributed by atoms with Crippen LogP contribution < -0.4 is 0 Å². The highest BCUT2D eigenvalue weighted by molar-refractivity contribution is 7.88. The summed E-state index contributed by atoms with van der Waals surface area (Å²) in [6.45, 7) is 7.01. The van der Waals surface area contributed by atoms with Gasteiger partial charge in [-0.3, -0.25) is 4.79 Å². The van der Waals surface area contributed by atoms with Crippen molar-refractivity contribution in [3.05, 3.63) is 0 Å². The molecule has 0 radical (unpaired) electrons. The minimum Gasteiger partial charge on any atom is -0.377 e. The Hall–Kier alpha value is -0.700. The van der Waals surface area contributed by atoms with E-state index in [2.05, 4.69) is 11.8 Å². The van der Waals surface area contributed by atoms with E-state index in [0.29, 0.717) is 19.7 Å². The predicted molar refractivity (Wildman–Crippen MR) is 84.1 cm³/mol. The molecule has 0 aromatic rings. The molecule has 0 aliphatic carbocycles. The third-order valence-electron chi connectivity index (χ3n) is 4.38. The van der Waals surface area contributed by atoms with Gasteiger partial charge in [-0.1, -0.05) is 6.92 Å². The van der Waals surface area contributed by atoms with Gasteiger partial charge >= 0.3 is 0 Å². The first kappa shape index (κ1) is 17.7. The highest BCUT2D eigenvalue weighted by atomic mass is 32.2. The van der Waals surface area contributed by atoms with Gasteiger partial charge in [0.15, 0.2) is 0 Å². The van der Waals surface area contributed by atoms with Gasteiger partial charge in [-0.25, -0.2) is 8.42 Å². The number of hydrogen-bond acceptors (Lipinski definition) is 5. The van der Waals surface area contributed by atoms with E-state index in [1.54, 1.807) is 4.90 Å². The van der Waals surface area contributed by atoms with Crippen LogP contribution in [0.3, 0.4) is 0 Å². The fourth-order valence-electron chi connectivity index (χ4n) is 2.90. The summed E-state index contributed by atoms with van der Waals surface area (Å²) < 4.78 is 30.6. The molecule has 7 nitrogen and oxygen atoms in total. The van der Waals surface area contributed by atoms with Crippen LogP contribution in [0.1, 0.15) is 19.8 Å². The SMILES string of the molecule is CCN1CCN(C(=O)CN(CC2CCCO2)S(C)(=O)=O)CC1. The largest absolute Gasteiger partial charge is 0.377 e. The molecule has 1 unspecified atom stereocenters. The van der Waals surface area contributed by atoms with Crippen LogP contribution >= 0.6 is 0 Å². The van der Waals surface area contributed by atoms with Crippen molar-refractivity contribution in [1.29, 1.82) is 0 Å². The van der Waals surface area contributed by atoms with E-state index in [1.165, 1.54) is 4.31 Å². The number of carbonyl (C=O) groups excluding carboxylic acids is 1. The maximum Gasteiger partial charge on any atom is 0.237 e. The molecule has 2 heterocycles. The lowest BCUT2D eigenvalue weighted by atomic mass is 10.2. The van der Waals surface area contributed by atoms with Crippen molar-refractivity contribution in [2.75, 3.05) is 58.7 Å². The zero-order valence-electron chi connectivity index (χ0n) is 13.5. The number of hydrogen-bond donors (Lipinski definition) is 0. The summed E-state index contributed by atoms with van der Waals surface area (Å²) in [6.07, 6.45) is 2.88. The van der Waals surface area contributed by atoms with Crippen LogP contribution in [0.15, 0.2) is 0 Å². The smallest absolute Gasteiger partial charge is 0.237 e. The third-order valence-corrected chi connectivity index (χ3v) is 5.60. The zero-order chi connectivity index (χ0) is 16.2. The Kier molecular flexibility index (Phi) is 6.19. The van der Waals surface area contributed by atoms with Crippen molar-refractivity contribution in [3.63, 3.8) is 0 Å². The van der Waals surface area contributed by atoms with Crippen molar-refractivity contribution in [2.45, 2.75) is 25.9 Å². The molecule has 0 aromatic carbocycles. The van der Waals surface area contributed by atoms with E-state index < -0.39 is 10.0 Å². The lowest BCUT2D eigenvalue weighted by molar-refractivity contribution is -0.133. The van der Waals surface area contributed by atoms with E-state index in [-0.39, 0.29) is 25.1 Å². The van der Waals surface area contributed by atoms with E-state index in [9.17, 15) is 13.2 Å². The zero-order valence-corrected chi connectivity index (χ0v) is 14.3. The Morgan fingerprint density at radius 3 is 2.45 bits per heavy atom. The van der Waals surface area contributed by atoms with Crippen LogP contribution in [0, 0.1) is 0 Å². The molecule has 0 N–H and O–H groups in total. The minimum atomic E-state index is -3.41. The number of piperazine rings is 1. The van der Waals surface area contributed by atoms with Crippen LogP contribution in [-0.4, -0.2) is 93.2 Å². The van der Waals surface area contributed by atoms with Gasteiger partial charge in [0.25, 0.3) is 0 Å². The maximum absolute atomic E-state index is 12.4. The predicted octanol–water partition coefficient (Wildman–Crippen LogP) is -0.409. The maximum atomic E-state index is 12.4. The van der Waals surface area contributed by atoms with Gasteiger partial charge in [-0.2, -0.15) is 4.31 Å². The molecule has 22 heavy (non-hydrogen) atoms. The standard InChI is InChI=1S/C14H27N3O4S/c1-3-15-6-8-16(9-7-15)14(18)12-17(22(2,19)20)11-13-5-4-10-21-13/h13H,3-12H2,1-2H3. The first-order chi connectivity index (χ1) is 10.4. The van der Waals surface area contributed by atoms with Crippen molar-refractivity contribution in [3.8, 4) is 0 Å². The summed E-state index contributed by atoms with van der Waals surface area (Å²) in [5.74, 6) is -0.112. The first-order valence-corrected chi connectivity index (χ1v) is 9.82. The fourth-order valence-corrected chi connectivity index (χ4v) is 3.68. The molecule has 0 spiro atoms. The van der Waals surface area contributed by atoms with Gasteiger partial charge in [0.2, 0.25) is 15.9 Å². The normalized spacial score (nSPS) is 24.1. The molecule has 2 aliphatic rings. The number of likely N-dealkylation sites (N-methyl/N-ethyl adjacent to an activating group) is 1. The summed E-state index contributed by atoms with van der Waals surface area (Å²) in [4.78, 5) is 16.4. The van der Waals surface area contributed by atoms with Crippen LogP contribution in [0.25, 0.3) is 0 Å². The lowest BCUT2D eigenvalue weighted by Gasteiger charge is -2.35. The van der Waals surface area contributed by atoms with Gasteiger partial charge in [0.05, 0.1) is 18.9 Å². The number of carbonyl (C=O) groups is 1. The molecule has 0 saturated carbocycles. The molecule has 0 aromatic heterocycles. The fraction of sp³-hybridized carbons (Fsp3) is 0.929. The number of nitrogens with zero attached hydrogens (tertiary/aromatic N) is 3. The summed E-state index contributed by atoms with van der Waals surface area (Å²) >= 11 is 0. The average Bonchev–Trinajstić information content (AvgIpc) is 2.98. The van der Waals surface area contributed by atoms with Crippen molar-refractivity contribution < 1.29 is 17.9 Å². The van der Waals surface area contributed by atoms with Crippen LogP contribution in [0.5, 0.6) is 0 Å². The minimum absolute atomic E-state index is 0.0786. The molecule has 128 valence electrons. The molecule has 8 heteroatoms. The molecule has 0 bridgehead atoms. The van der Waals surface area contributed by atoms with Crippen molar-refractivity contribution >= 4 is 15.9 Å². The van der Waals surface area contributed by atoms with Gasteiger partial charge in [0, 0.05) is 39.3 Å². The summed E-state index contributed by atoms with van der Waals surface area (Å²) in [5, 5.41) is 0. The quantitative estimate of drug-likeness (QED) is 0.661. The monoisotopic (exact) mass is 333 g/mol. The molecule has 2 aliphatic heterocycles. The van der Waals surface area contributed by atoms with E-state index in [0.717, 1.165) is 38.7 Å².